The number of nitrogens with one attached hydrogen (secondary N) is 2. The normalized spacial score (nSPS) is 23.1. The molecule has 0 spiro atoms. The molecule has 1 aromatic carbocycles. The zero-order chi connectivity index (χ0) is 14.5. The standard InChI is InChI=1S/C13H16Cl2N2O3/c14-9-2-1-8(5-10(9)15)13-11(17-12(19)7-18)6-16-3-4-20-13/h1-2,5,11,13,16,18H,3-4,6-7H2,(H,17,19). The molecule has 1 saturated heterocycles. The van der Waals surface area contributed by atoms with Crippen LogP contribution in [0.3, 0.4) is 0 Å². The van der Waals surface area contributed by atoms with Gasteiger partial charge < -0.3 is 20.5 Å². The minimum Gasteiger partial charge on any atom is -0.387 e. The Kier molecular flexibility index (Phi) is 5.63. The average Bonchev–Trinajstić information content (AvgIpc) is 2.67. The third kappa shape index (κ3) is 3.84. The van der Waals surface area contributed by atoms with Crippen LogP contribution in [0.5, 0.6) is 0 Å². The van der Waals surface area contributed by atoms with Gasteiger partial charge in [-0.3, -0.25) is 4.79 Å². The fraction of sp³-hybridized carbons (Fsp3) is 0.462. The Labute approximate surface area is 127 Å². The number of carbonyl (C=O) groups is 1. The van der Waals surface area contributed by atoms with Crippen LogP contribution in [0.1, 0.15) is 11.7 Å². The summed E-state index contributed by atoms with van der Waals surface area (Å²) in [4.78, 5) is 11.4. The van der Waals surface area contributed by atoms with Gasteiger partial charge in [0.25, 0.3) is 0 Å². The van der Waals surface area contributed by atoms with Crippen LogP contribution in [0.25, 0.3) is 0 Å². The van der Waals surface area contributed by atoms with Crippen LogP contribution >= 0.6 is 23.2 Å². The first-order valence-corrected chi connectivity index (χ1v) is 7.05. The van der Waals surface area contributed by atoms with Crippen molar-refractivity contribution in [2.75, 3.05) is 26.3 Å². The first-order chi connectivity index (χ1) is 9.61. The number of aliphatic hydroxyl groups is 1. The lowest BCUT2D eigenvalue weighted by Gasteiger charge is -2.26. The van der Waals surface area contributed by atoms with Crippen LogP contribution in [0.2, 0.25) is 10.0 Å². The molecule has 0 bridgehead atoms. The fourth-order valence-corrected chi connectivity index (χ4v) is 2.44. The smallest absolute Gasteiger partial charge is 0.246 e. The highest BCUT2D eigenvalue weighted by molar-refractivity contribution is 6.42. The Bertz CT molecular complexity index is 485. The topological polar surface area (TPSA) is 70.6 Å². The van der Waals surface area contributed by atoms with Crippen LogP contribution in [-0.4, -0.2) is 43.4 Å². The Balaban J connectivity index is 2.22. The van der Waals surface area contributed by atoms with E-state index in [0.29, 0.717) is 29.7 Å². The Morgan fingerprint density at radius 1 is 1.45 bits per heavy atom. The maximum Gasteiger partial charge on any atom is 0.246 e. The first-order valence-electron chi connectivity index (χ1n) is 6.29. The minimum absolute atomic E-state index is 0.283. The van der Waals surface area contributed by atoms with Gasteiger partial charge in [-0.25, -0.2) is 0 Å². The molecule has 1 aliphatic rings. The molecule has 2 rings (SSSR count). The summed E-state index contributed by atoms with van der Waals surface area (Å²) in [6, 6.07) is 4.97. The molecule has 3 N–H and O–H groups in total. The van der Waals surface area contributed by atoms with Crippen molar-refractivity contribution in [1.82, 2.24) is 10.6 Å². The van der Waals surface area contributed by atoms with Gasteiger partial charge in [-0.15, -0.1) is 0 Å². The van der Waals surface area contributed by atoms with E-state index in [1.807, 2.05) is 6.07 Å². The molecule has 1 heterocycles. The van der Waals surface area contributed by atoms with Gasteiger partial charge in [0, 0.05) is 13.1 Å². The monoisotopic (exact) mass is 318 g/mol. The molecule has 1 aliphatic heterocycles. The van der Waals surface area contributed by atoms with E-state index in [9.17, 15) is 4.79 Å². The van der Waals surface area contributed by atoms with Gasteiger partial charge in [0.05, 0.1) is 22.7 Å². The number of ether oxygens (including phenoxy) is 1. The average molecular weight is 319 g/mol. The zero-order valence-corrected chi connectivity index (χ0v) is 12.2. The molecular formula is C13H16Cl2N2O3. The van der Waals surface area contributed by atoms with Crippen molar-refractivity contribution in [1.29, 1.82) is 0 Å². The van der Waals surface area contributed by atoms with Crippen LogP contribution < -0.4 is 10.6 Å². The third-order valence-corrected chi connectivity index (χ3v) is 3.81. The van der Waals surface area contributed by atoms with Crippen LogP contribution in [0, 0.1) is 0 Å². The lowest BCUT2D eigenvalue weighted by Crippen LogP contribution is -2.45. The summed E-state index contributed by atoms with van der Waals surface area (Å²) < 4.78 is 5.78. The highest BCUT2D eigenvalue weighted by Crippen LogP contribution is 2.29. The molecule has 7 heteroatoms. The molecular weight excluding hydrogens is 303 g/mol. The number of benzene rings is 1. The second-order valence-electron chi connectivity index (χ2n) is 4.50. The quantitative estimate of drug-likeness (QED) is 0.781. The van der Waals surface area contributed by atoms with Gasteiger partial charge in [-0.2, -0.15) is 0 Å². The molecule has 0 saturated carbocycles. The molecule has 1 amide bonds. The fourth-order valence-electron chi connectivity index (χ4n) is 2.14. The van der Waals surface area contributed by atoms with E-state index in [4.69, 9.17) is 33.0 Å². The molecule has 20 heavy (non-hydrogen) atoms. The molecule has 1 fully saturated rings. The van der Waals surface area contributed by atoms with Gasteiger partial charge in [-0.05, 0) is 17.7 Å². The second-order valence-corrected chi connectivity index (χ2v) is 5.32. The van der Waals surface area contributed by atoms with E-state index in [0.717, 1.165) is 5.56 Å². The maximum absolute atomic E-state index is 11.4. The summed E-state index contributed by atoms with van der Waals surface area (Å²) >= 11 is 11.9. The SMILES string of the molecule is O=C(CO)NC1CNCCOC1c1ccc(Cl)c(Cl)c1. The van der Waals surface area contributed by atoms with Crippen molar-refractivity contribution < 1.29 is 14.6 Å². The highest BCUT2D eigenvalue weighted by Gasteiger charge is 2.27. The summed E-state index contributed by atoms with van der Waals surface area (Å²) in [5.74, 6) is -0.438. The second kappa shape index (κ2) is 7.24. The van der Waals surface area contributed by atoms with Gasteiger partial charge >= 0.3 is 0 Å². The minimum atomic E-state index is -0.551. The van der Waals surface area contributed by atoms with E-state index in [2.05, 4.69) is 10.6 Å². The molecule has 1 aromatic rings. The largest absolute Gasteiger partial charge is 0.387 e. The number of hydrogen-bond acceptors (Lipinski definition) is 4. The Hall–Kier alpha value is -0.850. The molecule has 0 radical (unpaired) electrons. The van der Waals surface area contributed by atoms with E-state index in [-0.39, 0.29) is 12.1 Å². The summed E-state index contributed by atoms with van der Waals surface area (Å²) in [7, 11) is 0. The summed E-state index contributed by atoms with van der Waals surface area (Å²) in [5.41, 5.74) is 0.839. The summed E-state index contributed by atoms with van der Waals surface area (Å²) in [5, 5.41) is 15.7. The van der Waals surface area contributed by atoms with Crippen LogP contribution in [-0.2, 0) is 9.53 Å². The number of rotatable bonds is 3. The van der Waals surface area contributed by atoms with Crippen LogP contribution in [0.15, 0.2) is 18.2 Å². The summed E-state index contributed by atoms with van der Waals surface area (Å²) in [6.07, 6.45) is -0.338. The van der Waals surface area contributed by atoms with Crippen molar-refractivity contribution in [2.45, 2.75) is 12.1 Å². The van der Waals surface area contributed by atoms with Gasteiger partial charge in [0.1, 0.15) is 12.7 Å². The van der Waals surface area contributed by atoms with Crippen molar-refractivity contribution in [3.63, 3.8) is 0 Å². The number of carbonyl (C=O) groups excluding carboxylic acids is 1. The van der Waals surface area contributed by atoms with E-state index in [1.165, 1.54) is 0 Å². The summed E-state index contributed by atoms with van der Waals surface area (Å²) in [6.45, 7) is 1.22. The number of amides is 1. The van der Waals surface area contributed by atoms with Crippen molar-refractivity contribution >= 4 is 29.1 Å². The predicted molar refractivity (Wildman–Crippen MR) is 77.0 cm³/mol. The van der Waals surface area contributed by atoms with Crippen molar-refractivity contribution in [2.24, 2.45) is 0 Å². The van der Waals surface area contributed by atoms with Crippen molar-refractivity contribution in [3.05, 3.63) is 33.8 Å². The third-order valence-electron chi connectivity index (χ3n) is 3.07. The molecule has 2 atom stereocenters. The predicted octanol–water partition coefficient (Wildman–Crippen LogP) is 1.13. The van der Waals surface area contributed by atoms with E-state index in [1.54, 1.807) is 12.1 Å². The maximum atomic E-state index is 11.4. The lowest BCUT2D eigenvalue weighted by atomic mass is 10.0. The zero-order valence-electron chi connectivity index (χ0n) is 10.7. The Morgan fingerprint density at radius 3 is 2.95 bits per heavy atom. The molecule has 5 nitrogen and oxygen atoms in total. The highest BCUT2D eigenvalue weighted by atomic mass is 35.5. The van der Waals surface area contributed by atoms with Crippen LogP contribution in [0.4, 0.5) is 0 Å². The van der Waals surface area contributed by atoms with Gasteiger partial charge in [0.15, 0.2) is 0 Å². The van der Waals surface area contributed by atoms with Gasteiger partial charge in [-0.1, -0.05) is 29.3 Å². The Morgan fingerprint density at radius 2 is 2.25 bits per heavy atom. The molecule has 2 unspecified atom stereocenters. The number of halogens is 2. The van der Waals surface area contributed by atoms with E-state index >= 15 is 0 Å². The number of hydrogen-bond donors (Lipinski definition) is 3. The van der Waals surface area contributed by atoms with E-state index < -0.39 is 12.5 Å². The first kappa shape index (κ1) is 15.5. The van der Waals surface area contributed by atoms with Crippen molar-refractivity contribution in [3.8, 4) is 0 Å². The molecule has 0 aromatic heterocycles. The molecule has 110 valence electrons. The lowest BCUT2D eigenvalue weighted by molar-refractivity contribution is -0.125. The van der Waals surface area contributed by atoms with Gasteiger partial charge in [0.2, 0.25) is 5.91 Å². The molecule has 0 aliphatic carbocycles. The number of aliphatic hydroxyl groups excluding tert-OH is 1.